The molecule has 2 N–H and O–H groups in total. The summed E-state index contributed by atoms with van der Waals surface area (Å²) in [7, 11) is 0. The number of hydrogen-bond acceptors (Lipinski definition) is 2. The normalized spacial score (nSPS) is 15.1. The van der Waals surface area contributed by atoms with Gasteiger partial charge in [0.2, 0.25) is 0 Å². The van der Waals surface area contributed by atoms with Gasteiger partial charge in [0.1, 0.15) is 0 Å². The van der Waals surface area contributed by atoms with E-state index in [1.54, 1.807) is 6.33 Å². The smallest absolute Gasteiger partial charge is 0.0922 e. The molecule has 0 radical (unpaired) electrons. The molecular weight excluding hydrogens is 210 g/mol. The van der Waals surface area contributed by atoms with Gasteiger partial charge >= 0.3 is 0 Å². The fourth-order valence-corrected chi connectivity index (χ4v) is 2.05. The van der Waals surface area contributed by atoms with Gasteiger partial charge in [-0.2, -0.15) is 0 Å². The molecular formula is C14H17N3. The van der Waals surface area contributed by atoms with Crippen LogP contribution in [0.4, 0.5) is 0 Å². The van der Waals surface area contributed by atoms with Crippen LogP contribution in [0.3, 0.4) is 0 Å². The summed E-state index contributed by atoms with van der Waals surface area (Å²) in [5.41, 5.74) is 3.97. The number of aromatic nitrogens is 2. The van der Waals surface area contributed by atoms with Gasteiger partial charge in [-0.25, -0.2) is 4.98 Å². The molecule has 3 heteroatoms. The minimum atomic E-state index is 0.838. The van der Waals surface area contributed by atoms with Gasteiger partial charge in [-0.1, -0.05) is 24.3 Å². The Hall–Kier alpha value is -1.61. The van der Waals surface area contributed by atoms with Crippen molar-refractivity contribution in [1.29, 1.82) is 0 Å². The van der Waals surface area contributed by atoms with E-state index in [-0.39, 0.29) is 0 Å². The SMILES string of the molecule is c1ncc(CNCc2ccc(C3CC3)cc2)[nH]1. The van der Waals surface area contributed by atoms with E-state index in [1.807, 2.05) is 6.20 Å². The summed E-state index contributed by atoms with van der Waals surface area (Å²) in [6, 6.07) is 9.00. The molecule has 1 fully saturated rings. The molecule has 1 aliphatic rings. The molecule has 0 unspecified atom stereocenters. The number of nitrogens with zero attached hydrogens (tertiary/aromatic N) is 1. The zero-order chi connectivity index (χ0) is 11.5. The highest BCUT2D eigenvalue weighted by molar-refractivity contribution is 5.27. The van der Waals surface area contributed by atoms with Crippen LogP contribution in [0, 0.1) is 0 Å². The second kappa shape index (κ2) is 4.72. The van der Waals surface area contributed by atoms with Crippen LogP contribution in [0.5, 0.6) is 0 Å². The third-order valence-electron chi connectivity index (χ3n) is 3.23. The summed E-state index contributed by atoms with van der Waals surface area (Å²) in [5.74, 6) is 0.849. The average molecular weight is 227 g/mol. The lowest BCUT2D eigenvalue weighted by Crippen LogP contribution is -2.12. The maximum absolute atomic E-state index is 3.99. The van der Waals surface area contributed by atoms with E-state index in [2.05, 4.69) is 39.6 Å². The van der Waals surface area contributed by atoms with Crippen molar-refractivity contribution in [3.05, 3.63) is 53.6 Å². The van der Waals surface area contributed by atoms with E-state index in [0.29, 0.717) is 0 Å². The number of rotatable bonds is 5. The number of aromatic amines is 1. The molecule has 2 aromatic rings. The number of H-pyrrole nitrogens is 1. The third-order valence-corrected chi connectivity index (χ3v) is 3.23. The second-order valence-electron chi connectivity index (χ2n) is 4.70. The zero-order valence-electron chi connectivity index (χ0n) is 9.82. The lowest BCUT2D eigenvalue weighted by atomic mass is 10.1. The summed E-state index contributed by atoms with van der Waals surface area (Å²) in [6.07, 6.45) is 6.31. The highest BCUT2D eigenvalue weighted by atomic mass is 14.9. The number of hydrogen-bond donors (Lipinski definition) is 2. The third kappa shape index (κ3) is 2.74. The molecule has 3 rings (SSSR count). The van der Waals surface area contributed by atoms with Crippen LogP contribution >= 0.6 is 0 Å². The summed E-state index contributed by atoms with van der Waals surface area (Å²) < 4.78 is 0. The van der Waals surface area contributed by atoms with Crippen LogP contribution < -0.4 is 5.32 Å². The average Bonchev–Trinajstić information content (AvgIpc) is 3.08. The Balaban J connectivity index is 1.51. The molecule has 88 valence electrons. The van der Waals surface area contributed by atoms with Crippen molar-refractivity contribution < 1.29 is 0 Å². The number of imidazole rings is 1. The molecule has 0 bridgehead atoms. The maximum atomic E-state index is 3.99. The van der Waals surface area contributed by atoms with E-state index < -0.39 is 0 Å². The lowest BCUT2D eigenvalue weighted by molar-refractivity contribution is 0.682. The summed E-state index contributed by atoms with van der Waals surface area (Å²) in [5, 5.41) is 3.40. The molecule has 17 heavy (non-hydrogen) atoms. The van der Waals surface area contributed by atoms with E-state index in [0.717, 1.165) is 24.7 Å². The van der Waals surface area contributed by atoms with Gasteiger partial charge in [-0.3, -0.25) is 0 Å². The highest BCUT2D eigenvalue weighted by Gasteiger charge is 2.22. The van der Waals surface area contributed by atoms with E-state index in [4.69, 9.17) is 0 Å². The molecule has 1 aromatic carbocycles. The molecule has 0 spiro atoms. The molecule has 1 aromatic heterocycles. The minimum Gasteiger partial charge on any atom is -0.347 e. The van der Waals surface area contributed by atoms with Crippen LogP contribution in [0.15, 0.2) is 36.8 Å². The van der Waals surface area contributed by atoms with Gasteiger partial charge < -0.3 is 10.3 Å². The van der Waals surface area contributed by atoms with E-state index >= 15 is 0 Å². The Morgan fingerprint density at radius 1 is 1.18 bits per heavy atom. The Bertz CT molecular complexity index is 455. The van der Waals surface area contributed by atoms with Crippen LogP contribution in [-0.2, 0) is 13.1 Å². The van der Waals surface area contributed by atoms with Gasteiger partial charge in [0.05, 0.1) is 6.33 Å². The van der Waals surface area contributed by atoms with Crippen molar-refractivity contribution in [2.75, 3.05) is 0 Å². The minimum absolute atomic E-state index is 0.838. The number of nitrogens with one attached hydrogen (secondary N) is 2. The predicted molar refractivity (Wildman–Crippen MR) is 67.5 cm³/mol. The number of benzene rings is 1. The Morgan fingerprint density at radius 3 is 2.65 bits per heavy atom. The monoisotopic (exact) mass is 227 g/mol. The molecule has 0 amide bonds. The first kappa shape index (κ1) is 10.5. The summed E-state index contributed by atoms with van der Waals surface area (Å²) in [6.45, 7) is 1.74. The van der Waals surface area contributed by atoms with Crippen molar-refractivity contribution in [3.8, 4) is 0 Å². The van der Waals surface area contributed by atoms with Crippen LogP contribution in [0.25, 0.3) is 0 Å². The van der Waals surface area contributed by atoms with E-state index in [1.165, 1.54) is 24.0 Å². The molecule has 1 aliphatic carbocycles. The quantitative estimate of drug-likeness (QED) is 0.824. The first-order valence-corrected chi connectivity index (χ1v) is 6.18. The molecule has 0 saturated heterocycles. The first-order chi connectivity index (χ1) is 8.42. The zero-order valence-corrected chi connectivity index (χ0v) is 9.82. The topological polar surface area (TPSA) is 40.7 Å². The van der Waals surface area contributed by atoms with E-state index in [9.17, 15) is 0 Å². The Labute approximate surface area is 101 Å². The molecule has 1 saturated carbocycles. The van der Waals surface area contributed by atoms with Crippen molar-refractivity contribution in [2.45, 2.75) is 31.8 Å². The fraction of sp³-hybridized carbons (Fsp3) is 0.357. The molecule has 3 nitrogen and oxygen atoms in total. The van der Waals surface area contributed by atoms with Gasteiger partial charge in [0.15, 0.2) is 0 Å². The van der Waals surface area contributed by atoms with Crippen LogP contribution in [-0.4, -0.2) is 9.97 Å². The van der Waals surface area contributed by atoms with Crippen molar-refractivity contribution >= 4 is 0 Å². The maximum Gasteiger partial charge on any atom is 0.0922 e. The van der Waals surface area contributed by atoms with Gasteiger partial charge in [-0.15, -0.1) is 0 Å². The summed E-state index contributed by atoms with van der Waals surface area (Å²) >= 11 is 0. The van der Waals surface area contributed by atoms with Gasteiger partial charge in [0.25, 0.3) is 0 Å². The molecule has 0 aliphatic heterocycles. The van der Waals surface area contributed by atoms with Gasteiger partial charge in [-0.05, 0) is 29.9 Å². The van der Waals surface area contributed by atoms with Gasteiger partial charge in [0, 0.05) is 25.0 Å². The predicted octanol–water partition coefficient (Wildman–Crippen LogP) is 2.58. The first-order valence-electron chi connectivity index (χ1n) is 6.18. The molecule has 1 heterocycles. The second-order valence-corrected chi connectivity index (χ2v) is 4.70. The van der Waals surface area contributed by atoms with Crippen molar-refractivity contribution in [1.82, 2.24) is 15.3 Å². The van der Waals surface area contributed by atoms with Crippen LogP contribution in [0.2, 0.25) is 0 Å². The lowest BCUT2D eigenvalue weighted by Gasteiger charge is -2.04. The largest absolute Gasteiger partial charge is 0.347 e. The summed E-state index contributed by atoms with van der Waals surface area (Å²) in [4.78, 5) is 7.07. The Morgan fingerprint density at radius 2 is 2.00 bits per heavy atom. The highest BCUT2D eigenvalue weighted by Crippen LogP contribution is 2.39. The fourth-order valence-electron chi connectivity index (χ4n) is 2.05. The Kier molecular flexibility index (Phi) is 2.92. The van der Waals surface area contributed by atoms with Crippen molar-refractivity contribution in [3.63, 3.8) is 0 Å². The standard InChI is InChI=1S/C14H17N3/c1-3-12(13-5-6-13)4-2-11(1)7-15-8-14-9-16-10-17-14/h1-4,9-10,13,15H,5-8H2,(H,16,17). The molecule has 0 atom stereocenters. The van der Waals surface area contributed by atoms with Crippen molar-refractivity contribution in [2.24, 2.45) is 0 Å². The van der Waals surface area contributed by atoms with Crippen LogP contribution in [0.1, 0.15) is 35.6 Å².